The number of aliphatic hydroxyl groups is 1. The predicted molar refractivity (Wildman–Crippen MR) is 123 cm³/mol. The molecule has 0 heterocycles. The second-order valence-corrected chi connectivity index (χ2v) is 11.9. The highest BCUT2D eigenvalue weighted by atomic mass is 16.3. The summed E-state index contributed by atoms with van der Waals surface area (Å²) >= 11 is 0. The van der Waals surface area contributed by atoms with Gasteiger partial charge in [0.25, 0.3) is 0 Å². The number of fused-ring (bicyclic) bond motifs is 5. The fourth-order valence-corrected chi connectivity index (χ4v) is 7.59. The van der Waals surface area contributed by atoms with Crippen LogP contribution < -0.4 is 0 Å². The van der Waals surface area contributed by atoms with E-state index < -0.39 is 0 Å². The smallest absolute Gasteiger partial charge is 0.0578 e. The van der Waals surface area contributed by atoms with Gasteiger partial charge in [-0.3, -0.25) is 0 Å². The van der Waals surface area contributed by atoms with Gasteiger partial charge < -0.3 is 5.11 Å². The van der Waals surface area contributed by atoms with Crippen molar-refractivity contribution in [1.82, 2.24) is 0 Å². The zero-order valence-corrected chi connectivity index (χ0v) is 19.7. The molecule has 0 saturated heterocycles. The highest BCUT2D eigenvalue weighted by molar-refractivity contribution is 5.39. The zero-order valence-electron chi connectivity index (χ0n) is 19.7. The number of rotatable bonds is 4. The van der Waals surface area contributed by atoms with Crippen LogP contribution in [0.2, 0.25) is 0 Å². The van der Waals surface area contributed by atoms with Crippen molar-refractivity contribution >= 4 is 0 Å². The molecule has 8 atom stereocenters. The maximum Gasteiger partial charge on any atom is 0.0578 e. The van der Waals surface area contributed by atoms with Crippen molar-refractivity contribution in [3.05, 3.63) is 35.5 Å². The van der Waals surface area contributed by atoms with Crippen molar-refractivity contribution in [2.45, 2.75) is 92.6 Å². The average molecular weight is 397 g/mol. The molecule has 4 rings (SSSR count). The first-order chi connectivity index (χ1) is 13.7. The molecule has 1 nitrogen and oxygen atoms in total. The van der Waals surface area contributed by atoms with Crippen LogP contribution in [0.3, 0.4) is 0 Å². The van der Waals surface area contributed by atoms with Gasteiger partial charge in [0.2, 0.25) is 0 Å². The van der Waals surface area contributed by atoms with Gasteiger partial charge in [0, 0.05) is 0 Å². The van der Waals surface area contributed by atoms with Crippen molar-refractivity contribution in [3.8, 4) is 0 Å². The van der Waals surface area contributed by atoms with Gasteiger partial charge in [-0.05, 0) is 91.3 Å². The predicted octanol–water partition coefficient (Wildman–Crippen LogP) is 7.33. The second-order valence-electron chi connectivity index (χ2n) is 11.9. The number of allylic oxidation sites excluding steroid dienone is 5. The Kier molecular flexibility index (Phi) is 5.69. The summed E-state index contributed by atoms with van der Waals surface area (Å²) in [5.74, 6) is 4.38. The summed E-state index contributed by atoms with van der Waals surface area (Å²) in [7, 11) is 0. The van der Waals surface area contributed by atoms with E-state index in [1.54, 1.807) is 5.57 Å². The minimum atomic E-state index is -0.116. The lowest BCUT2D eigenvalue weighted by Crippen LogP contribution is -2.46. The summed E-state index contributed by atoms with van der Waals surface area (Å²) in [6, 6.07) is 0. The topological polar surface area (TPSA) is 20.2 Å². The van der Waals surface area contributed by atoms with E-state index in [4.69, 9.17) is 0 Å². The van der Waals surface area contributed by atoms with E-state index in [1.165, 1.54) is 37.7 Å². The van der Waals surface area contributed by atoms with Gasteiger partial charge in [-0.25, -0.2) is 0 Å². The van der Waals surface area contributed by atoms with E-state index in [0.29, 0.717) is 22.7 Å². The molecule has 0 aromatic rings. The summed E-state index contributed by atoms with van der Waals surface area (Å²) in [5, 5.41) is 10.2. The number of hydrogen-bond acceptors (Lipinski definition) is 1. The molecular formula is C28H44O. The number of hydrogen-bond donors (Lipinski definition) is 1. The van der Waals surface area contributed by atoms with E-state index in [0.717, 1.165) is 36.5 Å². The Bertz CT molecular complexity index is 712. The highest BCUT2D eigenvalue weighted by Gasteiger charge is 2.56. The summed E-state index contributed by atoms with van der Waals surface area (Å²) in [6.45, 7) is 14.6. The summed E-state index contributed by atoms with van der Waals surface area (Å²) < 4.78 is 0. The summed E-state index contributed by atoms with van der Waals surface area (Å²) in [5.41, 5.74) is 4.07. The van der Waals surface area contributed by atoms with Crippen molar-refractivity contribution in [3.63, 3.8) is 0 Å². The molecule has 3 saturated carbocycles. The molecule has 0 aromatic heterocycles. The lowest BCUT2D eigenvalue weighted by atomic mass is 9.50. The van der Waals surface area contributed by atoms with Crippen LogP contribution in [0.5, 0.6) is 0 Å². The molecule has 0 spiro atoms. The standard InChI is InChI=1S/C28H44O/c1-18(2)19(3)7-8-20(4)24-11-12-25-23-10-9-21-17-22(29)13-15-27(21,5)26(23)14-16-28(24,25)6/h7-10,18-20,22,24-26,29H,11-17H2,1-6H3/b8-7+/t19-,20+,22+,24-,25-,26-,27+,28-/m1/s1. The van der Waals surface area contributed by atoms with Gasteiger partial charge in [0.1, 0.15) is 0 Å². The van der Waals surface area contributed by atoms with Gasteiger partial charge in [-0.2, -0.15) is 0 Å². The van der Waals surface area contributed by atoms with Crippen LogP contribution in [-0.2, 0) is 0 Å². The summed E-state index contributed by atoms with van der Waals surface area (Å²) in [6.07, 6.45) is 18.4. The molecule has 0 radical (unpaired) electrons. The Morgan fingerprint density at radius 3 is 2.41 bits per heavy atom. The molecule has 0 bridgehead atoms. The maximum atomic E-state index is 10.2. The van der Waals surface area contributed by atoms with Crippen molar-refractivity contribution < 1.29 is 5.11 Å². The van der Waals surface area contributed by atoms with Crippen LogP contribution in [0.25, 0.3) is 0 Å². The third kappa shape index (κ3) is 3.50. The molecule has 29 heavy (non-hydrogen) atoms. The Balaban J connectivity index is 1.57. The maximum absolute atomic E-state index is 10.2. The fourth-order valence-electron chi connectivity index (χ4n) is 7.59. The van der Waals surface area contributed by atoms with Gasteiger partial charge in [-0.15, -0.1) is 0 Å². The van der Waals surface area contributed by atoms with Crippen molar-refractivity contribution in [2.75, 3.05) is 0 Å². The molecule has 0 aliphatic heterocycles. The second kappa shape index (κ2) is 7.70. The average Bonchev–Trinajstić information content (AvgIpc) is 3.03. The zero-order chi connectivity index (χ0) is 21.0. The molecule has 0 unspecified atom stereocenters. The Morgan fingerprint density at radius 1 is 0.931 bits per heavy atom. The van der Waals surface area contributed by atoms with Crippen LogP contribution in [0, 0.1) is 46.3 Å². The molecule has 1 N–H and O–H groups in total. The van der Waals surface area contributed by atoms with Crippen molar-refractivity contribution in [2.24, 2.45) is 46.3 Å². The quantitative estimate of drug-likeness (QED) is 0.493. The molecule has 4 aliphatic rings. The van der Waals surface area contributed by atoms with E-state index in [1.807, 2.05) is 0 Å². The molecule has 4 aliphatic carbocycles. The molecule has 162 valence electrons. The lowest BCUT2D eigenvalue weighted by molar-refractivity contribution is 0.0382. The monoisotopic (exact) mass is 396 g/mol. The van der Waals surface area contributed by atoms with Crippen LogP contribution >= 0.6 is 0 Å². The summed E-state index contributed by atoms with van der Waals surface area (Å²) in [4.78, 5) is 0. The third-order valence-corrected chi connectivity index (χ3v) is 10.0. The van der Waals surface area contributed by atoms with E-state index in [9.17, 15) is 5.11 Å². The minimum absolute atomic E-state index is 0.116. The lowest BCUT2D eigenvalue weighted by Gasteiger charge is -2.55. The van der Waals surface area contributed by atoms with Gasteiger partial charge >= 0.3 is 0 Å². The van der Waals surface area contributed by atoms with Crippen LogP contribution in [0.1, 0.15) is 86.5 Å². The molecular weight excluding hydrogens is 352 g/mol. The Labute approximate surface area is 179 Å². The van der Waals surface area contributed by atoms with Gasteiger partial charge in [-0.1, -0.05) is 77.0 Å². The molecule has 1 heteroatoms. The first-order valence-corrected chi connectivity index (χ1v) is 12.4. The minimum Gasteiger partial charge on any atom is -0.393 e. The van der Waals surface area contributed by atoms with E-state index in [2.05, 4.69) is 65.8 Å². The molecule has 3 fully saturated rings. The fraction of sp³-hybridized carbons (Fsp3) is 0.786. The molecule has 0 aromatic carbocycles. The van der Waals surface area contributed by atoms with E-state index in [-0.39, 0.29) is 6.10 Å². The van der Waals surface area contributed by atoms with E-state index >= 15 is 0 Å². The van der Waals surface area contributed by atoms with Crippen LogP contribution in [-0.4, -0.2) is 11.2 Å². The van der Waals surface area contributed by atoms with Crippen molar-refractivity contribution in [1.29, 1.82) is 0 Å². The van der Waals surface area contributed by atoms with Gasteiger partial charge in [0.05, 0.1) is 6.10 Å². The highest BCUT2D eigenvalue weighted by Crippen LogP contribution is 2.65. The first kappa shape index (κ1) is 21.4. The van der Waals surface area contributed by atoms with Crippen LogP contribution in [0.15, 0.2) is 35.5 Å². The SMILES string of the molecule is CC(C)[C@H](C)/C=C/[C@H](C)[C@H]1CC[C@@H]2C3=CC=C4C[C@@H](O)CC[C@]4(C)[C@@H]3CC[C@@]21C. The largest absolute Gasteiger partial charge is 0.393 e. The van der Waals surface area contributed by atoms with Crippen LogP contribution in [0.4, 0.5) is 0 Å². The Hall–Kier alpha value is -0.820. The molecule has 0 amide bonds. The Morgan fingerprint density at radius 2 is 1.69 bits per heavy atom. The first-order valence-electron chi connectivity index (χ1n) is 12.4. The normalized spacial score (nSPS) is 44.0. The number of aliphatic hydroxyl groups excluding tert-OH is 1. The third-order valence-electron chi connectivity index (χ3n) is 10.0. The van der Waals surface area contributed by atoms with Gasteiger partial charge in [0.15, 0.2) is 0 Å².